The third kappa shape index (κ3) is 12.1. The van der Waals surface area contributed by atoms with Crippen LogP contribution < -0.4 is 11.5 Å². The quantitative estimate of drug-likeness (QED) is 0.0554. The molecule has 4 heteroatoms. The zero-order chi connectivity index (χ0) is 55.1. The Balaban J connectivity index is 0.00000125. The number of allylic oxidation sites excluding steroid dienone is 9. The zero-order valence-electron chi connectivity index (χ0n) is 48.3. The van der Waals surface area contributed by atoms with Crippen molar-refractivity contribution in [3.05, 3.63) is 267 Å². The third-order valence-corrected chi connectivity index (χ3v) is 14.1. The fourth-order valence-electron chi connectivity index (χ4n) is 10.9. The van der Waals surface area contributed by atoms with Gasteiger partial charge in [-0.15, -0.1) is 0 Å². The van der Waals surface area contributed by atoms with Gasteiger partial charge in [0.05, 0.1) is 11.0 Å². The first-order valence-corrected chi connectivity index (χ1v) is 27.7. The molecule has 1 radical (unpaired) electrons. The molecule has 0 saturated carbocycles. The average molecular weight is 1260 g/mol. The number of hydrogen-bond acceptors (Lipinski definition) is 2. The molecule has 0 amide bonds. The molecular weight excluding hydrogens is 1190 g/mol. The standard InChI is InChI=1S/C69H55N3.3C2H6.CH3.Pa/c1-4-7-8-9-15-27-57-54-28-16-17-29-55(54)62(45-66(57)59-32-20-21-33-67(59)71)48-34-37-53-47(41-48)36-39-61-60-38-35-49(43-68(60)72(69(53)61)50-25-13-10-14-26-50)63-44-65-51(6-3)52(23-5-2)46(24-12-11-22-40-70)42-64(65)58-31-19-18-30-56(58)63;3*1-2;;/h4-23,25-45H,3,24,70-71H2,1-2H3;3*1-2H3;1H3;/q;;;;-1;/b7-4-,9-8+,12-11-,23-5-,27-15+,40-22-;;;;;. The molecule has 10 aromatic carbocycles. The Morgan fingerprint density at radius 1 is 0.450 bits per heavy atom. The minimum Gasteiger partial charge on any atom is -0.405 e. The van der Waals surface area contributed by atoms with E-state index in [1.807, 2.05) is 91.0 Å². The van der Waals surface area contributed by atoms with Crippen LogP contribution in [0.15, 0.2) is 237 Å². The van der Waals surface area contributed by atoms with E-state index in [1.165, 1.54) is 76.1 Å². The van der Waals surface area contributed by atoms with Gasteiger partial charge in [0.25, 0.3) is 0 Å². The predicted octanol–water partition coefficient (Wildman–Crippen LogP) is 21.9. The van der Waals surface area contributed by atoms with Gasteiger partial charge >= 0.3 is 0 Å². The number of nitrogen functional groups attached to an aromatic ring is 1. The van der Waals surface area contributed by atoms with Crippen LogP contribution >= 0.6 is 0 Å². The summed E-state index contributed by atoms with van der Waals surface area (Å²) in [5.74, 6) is 0. The van der Waals surface area contributed by atoms with Crippen molar-refractivity contribution >= 4 is 88.8 Å². The molecule has 0 unspecified atom stereocenters. The van der Waals surface area contributed by atoms with Crippen LogP contribution in [0.1, 0.15) is 77.6 Å². The number of fused-ring (bicyclic) bond motifs is 9. The predicted molar refractivity (Wildman–Crippen MR) is 356 cm³/mol. The first kappa shape index (κ1) is 61.1. The average Bonchev–Trinajstić information content (AvgIpc) is 3.84. The van der Waals surface area contributed by atoms with Crippen molar-refractivity contribution in [3.8, 4) is 39.1 Å². The molecule has 0 aliphatic carbocycles. The maximum atomic E-state index is 6.75. The molecule has 11 rings (SSSR count). The van der Waals surface area contributed by atoms with Crippen molar-refractivity contribution in [2.45, 2.75) is 61.8 Å². The number of nitrogens with two attached hydrogens (primary N) is 2. The second-order valence-corrected chi connectivity index (χ2v) is 18.2. The fraction of sp³-hybridized carbons (Fsp3) is 0.118. The number of hydrogen-bond donors (Lipinski definition) is 2. The maximum absolute atomic E-state index is 6.75. The second kappa shape index (κ2) is 29.2. The van der Waals surface area contributed by atoms with Gasteiger partial charge in [-0.3, -0.25) is 0 Å². The summed E-state index contributed by atoms with van der Waals surface area (Å²) in [4.78, 5) is 0. The van der Waals surface area contributed by atoms with Crippen LogP contribution in [0.4, 0.5) is 5.69 Å². The SMILES string of the molecule is C=Cc1c(/C=C\C)c(C/C=C\C=C/N)cc2c1cc(-c1ccc3c4ccc5cc(-c6cc(-c7ccccc7N)c(/C=C/C=C/C=C\C)c7ccccc67)ccc5c4n(-c4ccccc4)c3c1)c1ccccc12.CC.CC.CC.[CH3-].[Pa]. The molecule has 0 aliphatic heterocycles. The van der Waals surface area contributed by atoms with Crippen LogP contribution in [0.3, 0.4) is 0 Å². The van der Waals surface area contributed by atoms with Crippen molar-refractivity contribution in [1.82, 2.24) is 4.57 Å². The summed E-state index contributed by atoms with van der Waals surface area (Å²) in [6.45, 7) is 20.5. The van der Waals surface area contributed by atoms with Gasteiger partial charge in [0.2, 0.25) is 0 Å². The summed E-state index contributed by atoms with van der Waals surface area (Å²) >= 11 is 0. The first-order valence-electron chi connectivity index (χ1n) is 27.7. The molecule has 0 aliphatic rings. The number of rotatable bonds is 12. The van der Waals surface area contributed by atoms with E-state index in [0.29, 0.717) is 0 Å². The molecule has 3 nitrogen and oxygen atoms in total. The summed E-state index contributed by atoms with van der Waals surface area (Å²) in [7, 11) is 0. The van der Waals surface area contributed by atoms with E-state index in [1.54, 1.807) is 6.20 Å². The smallest absolute Gasteiger partial charge is 0.0619 e. The van der Waals surface area contributed by atoms with Gasteiger partial charge in [-0.05, 0) is 169 Å². The van der Waals surface area contributed by atoms with Gasteiger partial charge in [0.1, 0.15) is 0 Å². The van der Waals surface area contributed by atoms with Crippen molar-refractivity contribution in [3.63, 3.8) is 0 Å². The minimum absolute atomic E-state index is 0. The maximum Gasteiger partial charge on any atom is 0.0619 e. The van der Waals surface area contributed by atoms with Crippen LogP contribution in [-0.4, -0.2) is 4.57 Å². The van der Waals surface area contributed by atoms with Gasteiger partial charge in [-0.25, -0.2) is 0 Å². The van der Waals surface area contributed by atoms with Crippen molar-refractivity contribution in [2.24, 2.45) is 5.73 Å². The summed E-state index contributed by atoms with van der Waals surface area (Å²) in [5, 5.41) is 12.0. The summed E-state index contributed by atoms with van der Waals surface area (Å²) in [6, 6.07) is 62.3. The van der Waals surface area contributed by atoms with Gasteiger partial charge < -0.3 is 23.5 Å². The van der Waals surface area contributed by atoms with Gasteiger partial charge in [0.15, 0.2) is 0 Å². The monoisotopic (exact) mass is 1260 g/mol. The molecule has 80 heavy (non-hydrogen) atoms. The fourth-order valence-corrected chi connectivity index (χ4v) is 10.9. The van der Waals surface area contributed by atoms with Crippen LogP contribution in [0, 0.1) is 39.7 Å². The van der Waals surface area contributed by atoms with Crippen LogP contribution in [-0.2, 0) is 6.42 Å². The summed E-state index contributed by atoms with van der Waals surface area (Å²) < 4.78 is 2.47. The van der Waals surface area contributed by atoms with Gasteiger partial charge in [-0.1, -0.05) is 236 Å². The topological polar surface area (TPSA) is 57.0 Å². The molecule has 0 saturated heterocycles. The number of para-hydroxylation sites is 2. The Morgan fingerprint density at radius 2 is 1.06 bits per heavy atom. The molecule has 0 spiro atoms. The molecule has 11 aromatic rings. The van der Waals surface area contributed by atoms with Crippen molar-refractivity contribution < 1.29 is 32.3 Å². The normalized spacial score (nSPS) is 11.4. The molecule has 0 fully saturated rings. The minimum atomic E-state index is 0. The van der Waals surface area contributed by atoms with E-state index < -0.39 is 0 Å². The third-order valence-electron chi connectivity index (χ3n) is 14.1. The summed E-state index contributed by atoms with van der Waals surface area (Å²) in [5.41, 5.74) is 28.1. The second-order valence-electron chi connectivity index (χ2n) is 18.2. The van der Waals surface area contributed by atoms with Gasteiger partial charge in [0, 0.05) is 65.4 Å². The van der Waals surface area contributed by atoms with E-state index in [4.69, 9.17) is 11.5 Å². The van der Waals surface area contributed by atoms with E-state index in [0.717, 1.165) is 62.3 Å². The van der Waals surface area contributed by atoms with E-state index >= 15 is 0 Å². The van der Waals surface area contributed by atoms with E-state index in [2.05, 4.69) is 218 Å². The molecule has 0 atom stereocenters. The molecule has 1 aromatic heterocycles. The van der Waals surface area contributed by atoms with Crippen LogP contribution in [0.2, 0.25) is 0 Å². The Bertz CT molecular complexity index is 4120. The largest absolute Gasteiger partial charge is 0.405 e. The first-order chi connectivity index (χ1) is 38.5. The number of anilines is 1. The Morgan fingerprint density at radius 3 is 1.75 bits per heavy atom. The van der Waals surface area contributed by atoms with E-state index in [9.17, 15) is 0 Å². The molecule has 0 bridgehead atoms. The molecular formula is C76H76N3Pa-. The number of aromatic nitrogens is 1. The number of nitrogens with zero attached hydrogens (tertiary/aromatic N) is 1. The zero-order valence-corrected chi connectivity index (χ0v) is 53.1. The van der Waals surface area contributed by atoms with Crippen molar-refractivity contribution in [2.75, 3.05) is 5.73 Å². The molecule has 1 heterocycles. The Hall–Kier alpha value is -8.09. The number of benzene rings is 10. The Kier molecular flexibility index (Phi) is 22.3. The molecule has 4 N–H and O–H groups in total. The van der Waals surface area contributed by atoms with Crippen LogP contribution in [0.25, 0.3) is 122 Å². The van der Waals surface area contributed by atoms with E-state index in [-0.39, 0.29) is 39.7 Å². The summed E-state index contributed by atoms with van der Waals surface area (Å²) in [6.07, 6.45) is 27.3. The molecule has 399 valence electrons. The van der Waals surface area contributed by atoms with Crippen LogP contribution in [0.5, 0.6) is 0 Å². The Labute approximate surface area is 501 Å². The van der Waals surface area contributed by atoms with Gasteiger partial charge in [-0.2, -0.15) is 0 Å². The van der Waals surface area contributed by atoms with Crippen molar-refractivity contribution in [1.29, 1.82) is 0 Å².